The minimum Gasteiger partial charge on any atom is -0.484 e. The predicted octanol–water partition coefficient (Wildman–Crippen LogP) is 1.71. The molecule has 0 aliphatic heterocycles. The molecule has 116 valence electrons. The lowest BCUT2D eigenvalue weighted by Gasteiger charge is -2.13. The van der Waals surface area contributed by atoms with E-state index in [0.29, 0.717) is 23.8 Å². The molecule has 0 atom stereocenters. The third kappa shape index (κ3) is 5.72. The van der Waals surface area contributed by atoms with Gasteiger partial charge in [0.25, 0.3) is 5.91 Å². The van der Waals surface area contributed by atoms with Gasteiger partial charge in [-0.15, -0.1) is 0 Å². The van der Waals surface area contributed by atoms with Crippen molar-refractivity contribution in [1.82, 2.24) is 5.32 Å². The number of carbonyl (C=O) groups excluding carboxylic acids is 1. The first-order valence-electron chi connectivity index (χ1n) is 7.08. The van der Waals surface area contributed by atoms with Crippen LogP contribution in [0.25, 0.3) is 0 Å². The highest BCUT2D eigenvalue weighted by molar-refractivity contribution is 5.97. The van der Waals surface area contributed by atoms with Gasteiger partial charge in [0.15, 0.2) is 12.4 Å². The molecule has 0 fully saturated rings. The summed E-state index contributed by atoms with van der Waals surface area (Å²) in [7, 11) is 0. The second-order valence-electron chi connectivity index (χ2n) is 4.78. The Hall–Kier alpha value is -2.24. The maximum Gasteiger partial charge on any atom is 0.257 e. The number of amides is 1. The van der Waals surface area contributed by atoms with Gasteiger partial charge in [-0.1, -0.05) is 31.8 Å². The molecule has 0 aliphatic carbocycles. The van der Waals surface area contributed by atoms with E-state index < -0.39 is 0 Å². The first kappa shape index (κ1) is 16.8. The van der Waals surface area contributed by atoms with Crippen LogP contribution < -0.4 is 15.8 Å². The Morgan fingerprint density at radius 3 is 2.48 bits per heavy atom. The third-order valence-electron chi connectivity index (χ3n) is 3.37. The second kappa shape index (κ2) is 8.84. The molecule has 0 aromatic heterocycles. The average Bonchev–Trinajstić information content (AvgIpc) is 2.53. The number of nitrogens with zero attached hydrogens (tertiary/aromatic N) is 1. The highest BCUT2D eigenvalue weighted by Crippen LogP contribution is 2.12. The van der Waals surface area contributed by atoms with Gasteiger partial charge < -0.3 is 21.0 Å². The van der Waals surface area contributed by atoms with Gasteiger partial charge in [-0.2, -0.15) is 0 Å². The quantitative estimate of drug-likeness (QED) is 0.294. The smallest absolute Gasteiger partial charge is 0.257 e. The second-order valence-corrected chi connectivity index (χ2v) is 4.78. The zero-order valence-electron chi connectivity index (χ0n) is 12.5. The molecule has 21 heavy (non-hydrogen) atoms. The van der Waals surface area contributed by atoms with Crippen LogP contribution in [0.1, 0.15) is 32.3 Å². The number of nitrogens with two attached hydrogens (primary N) is 1. The number of nitrogens with one attached hydrogen (secondary N) is 1. The summed E-state index contributed by atoms with van der Waals surface area (Å²) < 4.78 is 5.38. The van der Waals surface area contributed by atoms with E-state index in [1.165, 1.54) is 0 Å². The fraction of sp³-hybridized carbons (Fsp3) is 0.467. The summed E-state index contributed by atoms with van der Waals surface area (Å²) in [6, 6.07) is 6.65. The van der Waals surface area contributed by atoms with Gasteiger partial charge >= 0.3 is 0 Å². The molecule has 1 aromatic carbocycles. The van der Waals surface area contributed by atoms with Gasteiger partial charge in [0.1, 0.15) is 5.75 Å². The molecule has 0 aliphatic rings. The molecule has 6 heteroatoms. The molecule has 6 nitrogen and oxygen atoms in total. The molecule has 0 spiro atoms. The molecule has 0 unspecified atom stereocenters. The molecule has 4 N–H and O–H groups in total. The zero-order valence-corrected chi connectivity index (χ0v) is 12.5. The number of ether oxygens (including phenoxy) is 1. The monoisotopic (exact) mass is 293 g/mol. The Morgan fingerprint density at radius 2 is 1.95 bits per heavy atom. The Kier molecular flexibility index (Phi) is 7.08. The summed E-state index contributed by atoms with van der Waals surface area (Å²) in [5, 5.41) is 14.3. The normalized spacial score (nSPS) is 11.5. The maximum atomic E-state index is 11.7. The molecule has 0 heterocycles. The standard InChI is InChI=1S/C15H23N3O3/c1-3-11(4-2)9-17-14(19)10-21-13-7-5-12(6-8-13)15(16)18-20/h5-8,11,20H,3-4,9-10H2,1-2H3,(H2,16,18)(H,17,19). The zero-order chi connectivity index (χ0) is 15.7. The van der Waals surface area contributed by atoms with Gasteiger partial charge in [-0.3, -0.25) is 4.79 Å². The number of amidine groups is 1. The fourth-order valence-electron chi connectivity index (χ4n) is 1.82. The number of carbonyl (C=O) groups is 1. The largest absolute Gasteiger partial charge is 0.484 e. The van der Waals surface area contributed by atoms with Gasteiger partial charge in [-0.25, -0.2) is 0 Å². The number of oxime groups is 1. The van der Waals surface area contributed by atoms with E-state index >= 15 is 0 Å². The van der Waals surface area contributed by atoms with E-state index in [2.05, 4.69) is 24.3 Å². The molecule has 1 amide bonds. The van der Waals surface area contributed by atoms with Crippen LogP contribution in [-0.2, 0) is 4.79 Å². The van der Waals surface area contributed by atoms with Crippen LogP contribution in [0.4, 0.5) is 0 Å². The summed E-state index contributed by atoms with van der Waals surface area (Å²) in [4.78, 5) is 11.7. The van der Waals surface area contributed by atoms with Crippen LogP contribution in [0.2, 0.25) is 0 Å². The van der Waals surface area contributed by atoms with Gasteiger partial charge in [0.2, 0.25) is 0 Å². The van der Waals surface area contributed by atoms with E-state index in [9.17, 15) is 4.79 Å². The summed E-state index contributed by atoms with van der Waals surface area (Å²) >= 11 is 0. The van der Waals surface area contributed by atoms with Crippen molar-refractivity contribution in [3.05, 3.63) is 29.8 Å². The molecule has 0 saturated heterocycles. The average molecular weight is 293 g/mol. The molecule has 1 aromatic rings. The Bertz CT molecular complexity index is 468. The summed E-state index contributed by atoms with van der Waals surface area (Å²) in [5.74, 6) is 0.961. The minimum absolute atomic E-state index is 0.0247. The first-order valence-corrected chi connectivity index (χ1v) is 7.08. The SMILES string of the molecule is CCC(CC)CNC(=O)COc1ccc(/C(N)=N/O)cc1. The highest BCUT2D eigenvalue weighted by atomic mass is 16.5. The molecule has 0 radical (unpaired) electrons. The number of hydrogen-bond donors (Lipinski definition) is 3. The van der Waals surface area contributed by atoms with Gasteiger partial charge in [0.05, 0.1) is 0 Å². The third-order valence-corrected chi connectivity index (χ3v) is 3.37. The van der Waals surface area contributed by atoms with Crippen LogP contribution in [-0.4, -0.2) is 30.1 Å². The fourth-order valence-corrected chi connectivity index (χ4v) is 1.82. The van der Waals surface area contributed by atoms with Crippen molar-refractivity contribution >= 4 is 11.7 Å². The molecule has 0 bridgehead atoms. The lowest BCUT2D eigenvalue weighted by atomic mass is 10.0. The number of benzene rings is 1. The van der Waals surface area contributed by atoms with E-state index in [0.717, 1.165) is 12.8 Å². The Balaban J connectivity index is 2.39. The minimum atomic E-state index is -0.137. The first-order chi connectivity index (χ1) is 10.1. The van der Waals surface area contributed by atoms with Gasteiger partial charge in [0, 0.05) is 12.1 Å². The van der Waals surface area contributed by atoms with Crippen LogP contribution >= 0.6 is 0 Å². The van der Waals surface area contributed by atoms with Crippen LogP contribution in [0, 0.1) is 5.92 Å². The summed E-state index contributed by atoms with van der Waals surface area (Å²) in [6.45, 7) is 4.88. The van der Waals surface area contributed by atoms with Crippen LogP contribution in [0.3, 0.4) is 0 Å². The van der Waals surface area contributed by atoms with Crippen molar-refractivity contribution in [3.63, 3.8) is 0 Å². The molecular weight excluding hydrogens is 270 g/mol. The van der Waals surface area contributed by atoms with Crippen molar-refractivity contribution in [3.8, 4) is 5.75 Å². The lowest BCUT2D eigenvalue weighted by Crippen LogP contribution is -2.32. The highest BCUT2D eigenvalue weighted by Gasteiger charge is 2.07. The molecule has 1 rings (SSSR count). The van der Waals surface area contributed by atoms with Gasteiger partial charge in [-0.05, 0) is 30.2 Å². The van der Waals surface area contributed by atoms with Crippen molar-refractivity contribution in [2.24, 2.45) is 16.8 Å². The lowest BCUT2D eigenvalue weighted by molar-refractivity contribution is -0.123. The molecular formula is C15H23N3O3. The predicted molar refractivity (Wildman–Crippen MR) is 81.5 cm³/mol. The van der Waals surface area contributed by atoms with Crippen molar-refractivity contribution in [1.29, 1.82) is 0 Å². The van der Waals surface area contributed by atoms with E-state index in [1.54, 1.807) is 24.3 Å². The molecule has 0 saturated carbocycles. The van der Waals surface area contributed by atoms with Crippen LogP contribution in [0.5, 0.6) is 5.75 Å². The number of rotatable bonds is 8. The summed E-state index contributed by atoms with van der Waals surface area (Å²) in [6.07, 6.45) is 2.10. The topological polar surface area (TPSA) is 96.9 Å². The Labute approximate surface area is 125 Å². The van der Waals surface area contributed by atoms with E-state index in [1.807, 2.05) is 0 Å². The Morgan fingerprint density at radius 1 is 1.33 bits per heavy atom. The maximum absolute atomic E-state index is 11.7. The van der Waals surface area contributed by atoms with Crippen molar-refractivity contribution < 1.29 is 14.7 Å². The van der Waals surface area contributed by atoms with Crippen molar-refractivity contribution in [2.75, 3.05) is 13.2 Å². The van der Waals surface area contributed by atoms with Crippen molar-refractivity contribution in [2.45, 2.75) is 26.7 Å². The van der Waals surface area contributed by atoms with E-state index in [-0.39, 0.29) is 18.3 Å². The van der Waals surface area contributed by atoms with E-state index in [4.69, 9.17) is 15.7 Å². The van der Waals surface area contributed by atoms with Crippen LogP contribution in [0.15, 0.2) is 29.4 Å². The summed E-state index contributed by atoms with van der Waals surface area (Å²) in [5.41, 5.74) is 6.04. The number of hydrogen-bond acceptors (Lipinski definition) is 4.